The van der Waals surface area contributed by atoms with Gasteiger partial charge in [-0.3, -0.25) is 9.89 Å². The Morgan fingerprint density at radius 2 is 2.36 bits per heavy atom. The zero-order chi connectivity index (χ0) is 8.43. The van der Waals surface area contributed by atoms with Crippen molar-refractivity contribution >= 4 is 11.7 Å². The van der Waals surface area contributed by atoms with Crippen molar-refractivity contribution in [1.82, 2.24) is 10.2 Å². The van der Waals surface area contributed by atoms with Crippen molar-refractivity contribution in [2.24, 2.45) is 5.73 Å². The number of aromatic amines is 1. The number of H-pyrrole nitrogens is 1. The maximum atomic E-state index is 10.6. The van der Waals surface area contributed by atoms with Crippen LogP contribution in [0, 0.1) is 12.3 Å². The van der Waals surface area contributed by atoms with Crippen molar-refractivity contribution in [1.29, 1.82) is 0 Å². The number of hydrogen-bond acceptors (Lipinski definition) is 3. The largest absolute Gasteiger partial charge is 0.382 e. The van der Waals surface area contributed by atoms with Crippen LogP contribution in [0.3, 0.4) is 0 Å². The van der Waals surface area contributed by atoms with Crippen LogP contribution in [0.2, 0.25) is 0 Å². The fourth-order valence-corrected chi connectivity index (χ4v) is 0.710. The highest BCUT2D eigenvalue weighted by Crippen LogP contribution is 2.10. The zero-order valence-corrected chi connectivity index (χ0v) is 5.59. The molecule has 5 N–H and O–H groups in total. The second kappa shape index (κ2) is 2.34. The number of amides is 1. The van der Waals surface area contributed by atoms with E-state index in [9.17, 15) is 4.79 Å². The lowest BCUT2D eigenvalue weighted by atomic mass is 10.2. The maximum Gasteiger partial charge on any atom is 0.255 e. The molecule has 0 unspecified atom stereocenters. The first-order valence-corrected chi connectivity index (χ1v) is 2.77. The van der Waals surface area contributed by atoms with Crippen LogP contribution in [0.4, 0.5) is 5.82 Å². The summed E-state index contributed by atoms with van der Waals surface area (Å²) in [5.74, 6) is 1.56. The Labute approximate surface area is 62.8 Å². The van der Waals surface area contributed by atoms with Gasteiger partial charge < -0.3 is 11.5 Å². The molecule has 1 heterocycles. The number of primary amides is 1. The molecule has 56 valence electrons. The molecular weight excluding hydrogens is 144 g/mol. The molecule has 1 amide bonds. The minimum Gasteiger partial charge on any atom is -0.382 e. The highest BCUT2D eigenvalue weighted by molar-refractivity contribution is 5.99. The monoisotopic (exact) mass is 150 g/mol. The number of nitrogens with two attached hydrogens (primary N) is 2. The SMILES string of the molecule is C#Cc1[nH]nc(N)c1C(N)=O. The van der Waals surface area contributed by atoms with Crippen LogP contribution in [-0.4, -0.2) is 16.1 Å². The van der Waals surface area contributed by atoms with Crippen LogP contribution >= 0.6 is 0 Å². The predicted octanol–water partition coefficient (Wildman–Crippen LogP) is -0.928. The number of nitrogen functional groups attached to an aromatic ring is 1. The van der Waals surface area contributed by atoms with Gasteiger partial charge in [0, 0.05) is 0 Å². The number of rotatable bonds is 1. The van der Waals surface area contributed by atoms with Crippen molar-refractivity contribution in [2.75, 3.05) is 5.73 Å². The first-order valence-electron chi connectivity index (χ1n) is 2.77. The molecule has 0 fully saturated rings. The summed E-state index contributed by atoms with van der Waals surface area (Å²) in [6.07, 6.45) is 5.02. The molecule has 0 aliphatic rings. The smallest absolute Gasteiger partial charge is 0.255 e. The van der Waals surface area contributed by atoms with Crippen molar-refractivity contribution in [3.8, 4) is 12.3 Å². The molecular formula is C6H6N4O. The Hall–Kier alpha value is -1.96. The summed E-state index contributed by atoms with van der Waals surface area (Å²) in [6.45, 7) is 0. The summed E-state index contributed by atoms with van der Waals surface area (Å²) in [5, 5.41) is 5.91. The Balaban J connectivity index is 3.32. The normalized spacial score (nSPS) is 9.00. The summed E-state index contributed by atoms with van der Waals surface area (Å²) in [7, 11) is 0. The molecule has 1 rings (SSSR count). The van der Waals surface area contributed by atoms with Crippen LogP contribution < -0.4 is 11.5 Å². The van der Waals surface area contributed by atoms with Crippen LogP contribution in [-0.2, 0) is 0 Å². The lowest BCUT2D eigenvalue weighted by Gasteiger charge is -1.89. The molecule has 0 saturated heterocycles. The summed E-state index contributed by atoms with van der Waals surface area (Å²) in [6, 6.07) is 0. The Kier molecular flexibility index (Phi) is 1.52. The maximum absolute atomic E-state index is 10.6. The lowest BCUT2D eigenvalue weighted by molar-refractivity contribution is 0.100. The van der Waals surface area contributed by atoms with E-state index < -0.39 is 5.91 Å². The van der Waals surface area contributed by atoms with Crippen LogP contribution in [0.15, 0.2) is 0 Å². The molecule has 0 aliphatic carbocycles. The standard InChI is InChI=1S/C6H6N4O/c1-2-3-4(6(8)11)5(7)10-9-3/h1H,(H2,8,11)(H3,7,9,10). The summed E-state index contributed by atoms with van der Waals surface area (Å²) in [4.78, 5) is 10.6. The van der Waals surface area contributed by atoms with Crippen LogP contribution in [0.5, 0.6) is 0 Å². The number of nitrogens with zero attached hydrogens (tertiary/aromatic N) is 1. The van der Waals surface area contributed by atoms with Crippen LogP contribution in [0.1, 0.15) is 16.1 Å². The number of carbonyl (C=O) groups excluding carboxylic acids is 1. The molecule has 0 aliphatic heterocycles. The van der Waals surface area contributed by atoms with E-state index in [1.165, 1.54) is 0 Å². The number of nitrogens with one attached hydrogen (secondary N) is 1. The fraction of sp³-hybridized carbons (Fsp3) is 0. The number of hydrogen-bond donors (Lipinski definition) is 3. The summed E-state index contributed by atoms with van der Waals surface area (Å²) >= 11 is 0. The molecule has 0 aromatic carbocycles. The minimum absolute atomic E-state index is 0.0328. The first kappa shape index (κ1) is 7.15. The quantitative estimate of drug-likeness (QED) is 0.451. The van der Waals surface area contributed by atoms with E-state index in [1.807, 2.05) is 0 Å². The van der Waals surface area contributed by atoms with E-state index >= 15 is 0 Å². The molecule has 5 nitrogen and oxygen atoms in total. The van der Waals surface area contributed by atoms with Gasteiger partial charge in [-0.1, -0.05) is 0 Å². The molecule has 0 saturated carbocycles. The lowest BCUT2D eigenvalue weighted by Crippen LogP contribution is -2.13. The third-order valence-electron chi connectivity index (χ3n) is 1.19. The van der Waals surface area contributed by atoms with Crippen molar-refractivity contribution < 1.29 is 4.79 Å². The first-order chi connectivity index (χ1) is 5.16. The Morgan fingerprint density at radius 1 is 1.73 bits per heavy atom. The minimum atomic E-state index is -0.677. The van der Waals surface area contributed by atoms with E-state index in [0.29, 0.717) is 0 Å². The third-order valence-corrected chi connectivity index (χ3v) is 1.19. The highest BCUT2D eigenvalue weighted by Gasteiger charge is 2.13. The summed E-state index contributed by atoms with van der Waals surface area (Å²) < 4.78 is 0. The van der Waals surface area contributed by atoms with Gasteiger partial charge in [0.25, 0.3) is 5.91 Å². The van der Waals surface area contributed by atoms with Gasteiger partial charge in [0.1, 0.15) is 11.3 Å². The fourth-order valence-electron chi connectivity index (χ4n) is 0.710. The van der Waals surface area contributed by atoms with Gasteiger partial charge in [-0.25, -0.2) is 0 Å². The van der Waals surface area contributed by atoms with Gasteiger partial charge >= 0.3 is 0 Å². The molecule has 1 aromatic heterocycles. The molecule has 0 spiro atoms. The van der Waals surface area contributed by atoms with Crippen molar-refractivity contribution in [3.05, 3.63) is 11.3 Å². The van der Waals surface area contributed by atoms with Gasteiger partial charge in [0.05, 0.1) is 0 Å². The van der Waals surface area contributed by atoms with E-state index in [0.717, 1.165) is 0 Å². The van der Waals surface area contributed by atoms with Gasteiger partial charge in [-0.15, -0.1) is 6.42 Å². The van der Waals surface area contributed by atoms with E-state index in [2.05, 4.69) is 16.1 Å². The van der Waals surface area contributed by atoms with E-state index in [1.54, 1.807) is 0 Å². The van der Waals surface area contributed by atoms with Gasteiger partial charge in [-0.05, 0) is 5.92 Å². The number of terminal acetylenes is 1. The molecule has 1 aromatic rings. The third kappa shape index (κ3) is 1.01. The van der Waals surface area contributed by atoms with Gasteiger partial charge in [-0.2, -0.15) is 5.10 Å². The van der Waals surface area contributed by atoms with Crippen molar-refractivity contribution in [3.63, 3.8) is 0 Å². The van der Waals surface area contributed by atoms with Crippen molar-refractivity contribution in [2.45, 2.75) is 0 Å². The molecule has 0 atom stereocenters. The molecule has 5 heteroatoms. The number of anilines is 1. The second-order valence-electron chi connectivity index (χ2n) is 1.87. The molecule has 0 bridgehead atoms. The average Bonchev–Trinajstić information content (AvgIpc) is 2.30. The predicted molar refractivity (Wildman–Crippen MR) is 39.5 cm³/mol. The summed E-state index contributed by atoms with van der Waals surface area (Å²) in [5.41, 5.74) is 10.5. The topological polar surface area (TPSA) is 97.8 Å². The molecule has 0 radical (unpaired) electrons. The highest BCUT2D eigenvalue weighted by atomic mass is 16.1. The van der Waals surface area contributed by atoms with E-state index in [4.69, 9.17) is 17.9 Å². The number of aromatic nitrogens is 2. The average molecular weight is 150 g/mol. The second-order valence-corrected chi connectivity index (χ2v) is 1.87. The van der Waals surface area contributed by atoms with Crippen LogP contribution in [0.25, 0.3) is 0 Å². The zero-order valence-electron chi connectivity index (χ0n) is 5.59. The number of carbonyl (C=O) groups is 1. The van der Waals surface area contributed by atoms with E-state index in [-0.39, 0.29) is 17.1 Å². The Bertz CT molecular complexity index is 333. The molecule has 11 heavy (non-hydrogen) atoms. The Morgan fingerprint density at radius 3 is 2.73 bits per heavy atom. The van der Waals surface area contributed by atoms with Gasteiger partial charge in [0.2, 0.25) is 0 Å². The van der Waals surface area contributed by atoms with Gasteiger partial charge in [0.15, 0.2) is 5.82 Å².